The zero-order valence-electron chi connectivity index (χ0n) is 11.7. The van der Waals surface area contributed by atoms with Crippen molar-refractivity contribution in [3.63, 3.8) is 0 Å². The minimum atomic E-state index is -0.231. The van der Waals surface area contributed by atoms with E-state index in [2.05, 4.69) is 28.4 Å². The number of hydrogen-bond donors (Lipinski definition) is 1. The van der Waals surface area contributed by atoms with Crippen LogP contribution in [-0.2, 0) is 0 Å². The van der Waals surface area contributed by atoms with Crippen LogP contribution in [0.4, 0.5) is 0 Å². The largest absolute Gasteiger partial charge is 0.324 e. The summed E-state index contributed by atoms with van der Waals surface area (Å²) in [6, 6.07) is 12.1. The van der Waals surface area contributed by atoms with E-state index in [1.165, 1.54) is 0 Å². The molecule has 0 aliphatic rings. The van der Waals surface area contributed by atoms with E-state index in [-0.39, 0.29) is 6.04 Å². The number of aromatic nitrogens is 3. The van der Waals surface area contributed by atoms with Crippen molar-refractivity contribution < 1.29 is 0 Å². The van der Waals surface area contributed by atoms with Crippen molar-refractivity contribution in [3.05, 3.63) is 60.2 Å². The second kappa shape index (κ2) is 5.06. The molecule has 3 rings (SSSR count). The fourth-order valence-corrected chi connectivity index (χ4v) is 2.54. The molecule has 0 radical (unpaired) electrons. The molecule has 1 aromatic carbocycles. The van der Waals surface area contributed by atoms with Gasteiger partial charge in [-0.3, -0.25) is 4.98 Å². The number of fused-ring (bicyclic) bond motifs is 1. The molecular formula is C16H18N4. The van der Waals surface area contributed by atoms with E-state index in [0.29, 0.717) is 6.04 Å². The SMILES string of the molecule is CC(C)n1c(C(N)c2ccccc2)nc2cnccc21. The Morgan fingerprint density at radius 2 is 1.85 bits per heavy atom. The first-order valence-electron chi connectivity index (χ1n) is 6.81. The highest BCUT2D eigenvalue weighted by Crippen LogP contribution is 2.26. The average Bonchev–Trinajstić information content (AvgIpc) is 2.86. The molecular weight excluding hydrogens is 248 g/mol. The quantitative estimate of drug-likeness (QED) is 0.792. The Hall–Kier alpha value is -2.20. The molecule has 0 spiro atoms. The Labute approximate surface area is 118 Å². The van der Waals surface area contributed by atoms with Gasteiger partial charge in [0.1, 0.15) is 11.3 Å². The lowest BCUT2D eigenvalue weighted by molar-refractivity contribution is 0.567. The topological polar surface area (TPSA) is 56.7 Å². The molecule has 2 N–H and O–H groups in total. The summed E-state index contributed by atoms with van der Waals surface area (Å²) >= 11 is 0. The Balaban J connectivity index is 2.18. The lowest BCUT2D eigenvalue weighted by Gasteiger charge is -2.17. The molecule has 4 heteroatoms. The summed E-state index contributed by atoms with van der Waals surface area (Å²) in [5.41, 5.74) is 9.45. The maximum atomic E-state index is 6.42. The Morgan fingerprint density at radius 3 is 2.55 bits per heavy atom. The highest BCUT2D eigenvalue weighted by atomic mass is 15.1. The molecule has 1 atom stereocenters. The van der Waals surface area contributed by atoms with Crippen molar-refractivity contribution in [2.45, 2.75) is 25.9 Å². The number of imidazole rings is 1. The number of hydrogen-bond acceptors (Lipinski definition) is 3. The molecule has 0 bridgehead atoms. The first-order valence-corrected chi connectivity index (χ1v) is 6.81. The van der Waals surface area contributed by atoms with Gasteiger partial charge in [0.05, 0.1) is 17.8 Å². The fraction of sp³-hybridized carbons (Fsp3) is 0.250. The lowest BCUT2D eigenvalue weighted by Crippen LogP contribution is -2.19. The van der Waals surface area contributed by atoms with Crippen LogP contribution >= 0.6 is 0 Å². The van der Waals surface area contributed by atoms with Crippen LogP contribution < -0.4 is 5.73 Å². The Bertz CT molecular complexity index is 716. The molecule has 1 unspecified atom stereocenters. The number of rotatable bonds is 3. The first kappa shape index (κ1) is 12.8. The average molecular weight is 266 g/mol. The maximum absolute atomic E-state index is 6.42. The van der Waals surface area contributed by atoms with Crippen LogP contribution in [0.5, 0.6) is 0 Å². The van der Waals surface area contributed by atoms with E-state index in [1.807, 2.05) is 36.4 Å². The number of nitrogens with two attached hydrogens (primary N) is 1. The second-order valence-corrected chi connectivity index (χ2v) is 5.19. The molecule has 4 nitrogen and oxygen atoms in total. The van der Waals surface area contributed by atoms with E-state index in [4.69, 9.17) is 5.73 Å². The summed E-state index contributed by atoms with van der Waals surface area (Å²) in [7, 11) is 0. The molecule has 2 heterocycles. The van der Waals surface area contributed by atoms with Crippen molar-refractivity contribution in [1.82, 2.24) is 14.5 Å². The number of nitrogens with zero attached hydrogens (tertiary/aromatic N) is 3. The first-order chi connectivity index (χ1) is 9.68. The van der Waals surface area contributed by atoms with Crippen LogP contribution in [0.15, 0.2) is 48.8 Å². The van der Waals surface area contributed by atoms with Gasteiger partial charge < -0.3 is 10.3 Å². The van der Waals surface area contributed by atoms with Gasteiger partial charge in [0, 0.05) is 12.2 Å². The lowest BCUT2D eigenvalue weighted by atomic mass is 10.1. The van der Waals surface area contributed by atoms with Gasteiger partial charge in [-0.1, -0.05) is 30.3 Å². The van der Waals surface area contributed by atoms with Crippen LogP contribution in [0.3, 0.4) is 0 Å². The van der Waals surface area contributed by atoms with Crippen molar-refractivity contribution >= 4 is 11.0 Å². The monoisotopic (exact) mass is 266 g/mol. The third-order valence-electron chi connectivity index (χ3n) is 3.47. The smallest absolute Gasteiger partial charge is 0.131 e. The second-order valence-electron chi connectivity index (χ2n) is 5.19. The Morgan fingerprint density at radius 1 is 1.10 bits per heavy atom. The van der Waals surface area contributed by atoms with E-state index in [9.17, 15) is 0 Å². The summed E-state index contributed by atoms with van der Waals surface area (Å²) in [6.45, 7) is 4.28. The third kappa shape index (κ3) is 2.08. The van der Waals surface area contributed by atoms with E-state index in [1.54, 1.807) is 12.4 Å². The zero-order valence-corrected chi connectivity index (χ0v) is 11.7. The highest BCUT2D eigenvalue weighted by molar-refractivity contribution is 5.75. The molecule has 0 saturated carbocycles. The minimum absolute atomic E-state index is 0.231. The molecule has 102 valence electrons. The van der Waals surface area contributed by atoms with Crippen molar-refractivity contribution in [2.24, 2.45) is 5.73 Å². The zero-order chi connectivity index (χ0) is 14.1. The molecule has 2 aromatic heterocycles. The highest BCUT2D eigenvalue weighted by Gasteiger charge is 2.19. The van der Waals surface area contributed by atoms with Crippen LogP contribution in [0.1, 0.15) is 37.3 Å². The maximum Gasteiger partial charge on any atom is 0.131 e. The van der Waals surface area contributed by atoms with Gasteiger partial charge in [-0.25, -0.2) is 4.98 Å². The van der Waals surface area contributed by atoms with Crippen LogP contribution in [0, 0.1) is 0 Å². The van der Waals surface area contributed by atoms with Gasteiger partial charge >= 0.3 is 0 Å². The molecule has 0 amide bonds. The Kier molecular flexibility index (Phi) is 3.24. The van der Waals surface area contributed by atoms with Gasteiger partial charge in [0.2, 0.25) is 0 Å². The van der Waals surface area contributed by atoms with Gasteiger partial charge in [-0.15, -0.1) is 0 Å². The van der Waals surface area contributed by atoms with Crippen LogP contribution in [-0.4, -0.2) is 14.5 Å². The summed E-state index contributed by atoms with van der Waals surface area (Å²) in [5, 5.41) is 0. The molecule has 20 heavy (non-hydrogen) atoms. The number of pyridine rings is 1. The molecule has 0 fully saturated rings. The third-order valence-corrected chi connectivity index (χ3v) is 3.47. The molecule has 0 aliphatic carbocycles. The van der Waals surface area contributed by atoms with Crippen molar-refractivity contribution in [1.29, 1.82) is 0 Å². The fourth-order valence-electron chi connectivity index (χ4n) is 2.54. The summed E-state index contributed by atoms with van der Waals surface area (Å²) in [5.74, 6) is 0.884. The van der Waals surface area contributed by atoms with Crippen molar-refractivity contribution in [2.75, 3.05) is 0 Å². The number of benzene rings is 1. The van der Waals surface area contributed by atoms with Crippen molar-refractivity contribution in [3.8, 4) is 0 Å². The molecule has 0 saturated heterocycles. The summed E-state index contributed by atoms with van der Waals surface area (Å²) in [4.78, 5) is 8.83. The van der Waals surface area contributed by atoms with Gasteiger partial charge in [-0.05, 0) is 25.5 Å². The predicted molar refractivity (Wildman–Crippen MR) is 80.4 cm³/mol. The van der Waals surface area contributed by atoms with Crippen LogP contribution in [0.2, 0.25) is 0 Å². The van der Waals surface area contributed by atoms with E-state index >= 15 is 0 Å². The minimum Gasteiger partial charge on any atom is -0.324 e. The summed E-state index contributed by atoms with van der Waals surface area (Å²) < 4.78 is 2.19. The normalized spacial score (nSPS) is 13.0. The molecule has 0 aliphatic heterocycles. The molecule has 3 aromatic rings. The van der Waals surface area contributed by atoms with E-state index < -0.39 is 0 Å². The van der Waals surface area contributed by atoms with Gasteiger partial charge in [-0.2, -0.15) is 0 Å². The predicted octanol–water partition coefficient (Wildman–Crippen LogP) is 3.06. The van der Waals surface area contributed by atoms with Gasteiger partial charge in [0.25, 0.3) is 0 Å². The van der Waals surface area contributed by atoms with Gasteiger partial charge in [0.15, 0.2) is 0 Å². The standard InChI is InChI=1S/C16H18N4/c1-11(2)20-14-8-9-18-10-13(14)19-16(20)15(17)12-6-4-3-5-7-12/h3-11,15H,17H2,1-2H3. The summed E-state index contributed by atoms with van der Waals surface area (Å²) in [6.07, 6.45) is 3.58. The van der Waals surface area contributed by atoms with Crippen LogP contribution in [0.25, 0.3) is 11.0 Å². The van der Waals surface area contributed by atoms with E-state index in [0.717, 1.165) is 22.4 Å².